The summed E-state index contributed by atoms with van der Waals surface area (Å²) >= 11 is 0. The summed E-state index contributed by atoms with van der Waals surface area (Å²) in [5, 5.41) is 5.95. The normalized spacial score (nSPS) is 11.8. The monoisotopic (exact) mass is 320 g/mol. The summed E-state index contributed by atoms with van der Waals surface area (Å²) in [6.07, 6.45) is 0. The van der Waals surface area contributed by atoms with Gasteiger partial charge in [0, 0.05) is 19.6 Å². The Morgan fingerprint density at radius 3 is 2.48 bits per heavy atom. The number of para-hydroxylation sites is 1. The molecule has 0 aromatic heterocycles. The maximum atomic E-state index is 11.8. The molecule has 1 aromatic carbocycles. The number of guanidine groups is 1. The van der Waals surface area contributed by atoms with E-state index < -0.39 is 0 Å². The molecule has 0 aliphatic rings. The maximum Gasteiger partial charge on any atom is 0.239 e. The number of hydrogen-bond donors (Lipinski definition) is 2. The lowest BCUT2D eigenvalue weighted by Gasteiger charge is -2.24. The largest absolute Gasteiger partial charge is 0.492 e. The third-order valence-corrected chi connectivity index (χ3v) is 2.93. The predicted octanol–water partition coefficient (Wildman–Crippen LogP) is 1.49. The minimum absolute atomic E-state index is 0.0624. The van der Waals surface area contributed by atoms with Crippen molar-refractivity contribution in [1.82, 2.24) is 15.5 Å². The molecular weight excluding hydrogens is 292 g/mol. The van der Waals surface area contributed by atoms with E-state index in [0.29, 0.717) is 19.1 Å². The summed E-state index contributed by atoms with van der Waals surface area (Å²) in [6, 6.07) is 9.67. The van der Waals surface area contributed by atoms with E-state index in [1.54, 1.807) is 7.05 Å². The van der Waals surface area contributed by atoms with Crippen molar-refractivity contribution in [2.45, 2.75) is 26.3 Å². The molecule has 6 nitrogen and oxygen atoms in total. The van der Waals surface area contributed by atoms with Crippen molar-refractivity contribution < 1.29 is 9.53 Å². The molecule has 23 heavy (non-hydrogen) atoms. The highest BCUT2D eigenvalue weighted by Crippen LogP contribution is 2.07. The fourth-order valence-corrected chi connectivity index (χ4v) is 1.93. The van der Waals surface area contributed by atoms with Crippen LogP contribution in [0.25, 0.3) is 0 Å². The van der Waals surface area contributed by atoms with Gasteiger partial charge in [-0.1, -0.05) is 18.2 Å². The number of hydrogen-bond acceptors (Lipinski definition) is 3. The molecule has 128 valence electrons. The number of carbonyl (C=O) groups excluding carboxylic acids is 1. The van der Waals surface area contributed by atoms with Gasteiger partial charge < -0.3 is 20.3 Å². The Balaban J connectivity index is 2.34. The third-order valence-electron chi connectivity index (χ3n) is 2.93. The summed E-state index contributed by atoms with van der Waals surface area (Å²) in [5.41, 5.74) is -0.238. The smallest absolute Gasteiger partial charge is 0.239 e. The number of rotatable bonds is 6. The van der Waals surface area contributed by atoms with Crippen LogP contribution in [-0.4, -0.2) is 56.1 Å². The van der Waals surface area contributed by atoms with Crippen molar-refractivity contribution in [1.29, 1.82) is 0 Å². The highest BCUT2D eigenvalue weighted by atomic mass is 16.5. The molecule has 0 aliphatic carbocycles. The fourth-order valence-electron chi connectivity index (χ4n) is 1.93. The maximum absolute atomic E-state index is 11.8. The first-order valence-corrected chi connectivity index (χ1v) is 7.72. The zero-order valence-electron chi connectivity index (χ0n) is 14.7. The van der Waals surface area contributed by atoms with Crippen LogP contribution in [0.5, 0.6) is 5.75 Å². The third kappa shape index (κ3) is 8.09. The summed E-state index contributed by atoms with van der Waals surface area (Å²) in [7, 11) is 3.60. The van der Waals surface area contributed by atoms with Gasteiger partial charge in [0.2, 0.25) is 5.91 Å². The molecule has 1 amide bonds. The second-order valence-electron chi connectivity index (χ2n) is 6.28. The van der Waals surface area contributed by atoms with E-state index in [0.717, 1.165) is 5.75 Å². The van der Waals surface area contributed by atoms with Crippen molar-refractivity contribution in [3.8, 4) is 5.75 Å². The van der Waals surface area contributed by atoms with Gasteiger partial charge in [-0.2, -0.15) is 0 Å². The Hall–Kier alpha value is -2.24. The minimum atomic E-state index is -0.238. The lowest BCUT2D eigenvalue weighted by atomic mass is 10.1. The van der Waals surface area contributed by atoms with Crippen molar-refractivity contribution in [3.05, 3.63) is 30.3 Å². The van der Waals surface area contributed by atoms with Crippen LogP contribution in [0.1, 0.15) is 20.8 Å². The Bertz CT molecular complexity index is 509. The van der Waals surface area contributed by atoms with Crippen LogP contribution in [0.3, 0.4) is 0 Å². The second kappa shape index (κ2) is 9.02. The molecule has 1 aromatic rings. The summed E-state index contributed by atoms with van der Waals surface area (Å²) < 4.78 is 5.66. The molecule has 2 N–H and O–H groups in total. The fraction of sp³-hybridized carbons (Fsp3) is 0.529. The van der Waals surface area contributed by atoms with E-state index in [1.807, 2.05) is 63.1 Å². The standard InChI is InChI=1S/C17H28N4O2/c1-17(2,3)20-15(22)13-19-16(18-4)21(5)11-12-23-14-9-7-6-8-10-14/h6-10H,11-13H2,1-5H3,(H,18,19)(H,20,22). The molecule has 0 saturated heterocycles. The van der Waals surface area contributed by atoms with E-state index in [-0.39, 0.29) is 18.0 Å². The van der Waals surface area contributed by atoms with E-state index >= 15 is 0 Å². The van der Waals surface area contributed by atoms with Crippen LogP contribution in [0.2, 0.25) is 0 Å². The second-order valence-corrected chi connectivity index (χ2v) is 6.28. The number of nitrogens with one attached hydrogen (secondary N) is 2. The molecule has 1 rings (SSSR count). The average Bonchev–Trinajstić information content (AvgIpc) is 2.47. The quantitative estimate of drug-likeness (QED) is 0.616. The molecule has 0 radical (unpaired) electrons. The zero-order valence-corrected chi connectivity index (χ0v) is 14.7. The molecule has 0 heterocycles. The van der Waals surface area contributed by atoms with Gasteiger partial charge in [0.05, 0.1) is 13.1 Å². The first-order chi connectivity index (χ1) is 10.8. The molecule has 0 spiro atoms. The highest BCUT2D eigenvalue weighted by Gasteiger charge is 2.14. The van der Waals surface area contributed by atoms with Crippen LogP contribution in [-0.2, 0) is 4.79 Å². The first kappa shape index (κ1) is 18.8. The van der Waals surface area contributed by atoms with E-state index in [2.05, 4.69) is 15.6 Å². The Morgan fingerprint density at radius 2 is 1.91 bits per heavy atom. The molecule has 6 heteroatoms. The van der Waals surface area contributed by atoms with Crippen LogP contribution < -0.4 is 15.4 Å². The molecule has 0 atom stereocenters. The SMILES string of the molecule is CN=C(NCC(=O)NC(C)(C)C)N(C)CCOc1ccccc1. The van der Waals surface area contributed by atoms with Crippen molar-refractivity contribution in [3.63, 3.8) is 0 Å². The topological polar surface area (TPSA) is 66.0 Å². The minimum Gasteiger partial charge on any atom is -0.492 e. The number of ether oxygens (including phenoxy) is 1. The molecule has 0 aliphatic heterocycles. The number of nitrogens with zero attached hydrogens (tertiary/aromatic N) is 2. The van der Waals surface area contributed by atoms with E-state index in [1.165, 1.54) is 0 Å². The van der Waals surface area contributed by atoms with Gasteiger partial charge in [-0.05, 0) is 32.9 Å². The highest BCUT2D eigenvalue weighted by molar-refractivity contribution is 5.86. The summed E-state index contributed by atoms with van der Waals surface area (Å²) in [4.78, 5) is 17.9. The summed E-state index contributed by atoms with van der Waals surface area (Å²) in [5.74, 6) is 1.44. The molecule has 0 bridgehead atoms. The number of benzene rings is 1. The van der Waals surface area contributed by atoms with Gasteiger partial charge in [-0.3, -0.25) is 9.79 Å². The van der Waals surface area contributed by atoms with Crippen LogP contribution in [0.4, 0.5) is 0 Å². The van der Waals surface area contributed by atoms with Gasteiger partial charge in [0.1, 0.15) is 12.4 Å². The van der Waals surface area contributed by atoms with Crippen molar-refractivity contribution in [2.24, 2.45) is 4.99 Å². The van der Waals surface area contributed by atoms with E-state index in [9.17, 15) is 4.79 Å². The Kier molecular flexibility index (Phi) is 7.38. The van der Waals surface area contributed by atoms with Crippen LogP contribution >= 0.6 is 0 Å². The number of carbonyl (C=O) groups is 1. The van der Waals surface area contributed by atoms with Gasteiger partial charge in [0.15, 0.2) is 5.96 Å². The lowest BCUT2D eigenvalue weighted by Crippen LogP contribution is -2.48. The van der Waals surface area contributed by atoms with Crippen LogP contribution in [0.15, 0.2) is 35.3 Å². The first-order valence-electron chi connectivity index (χ1n) is 7.72. The zero-order chi connectivity index (χ0) is 17.3. The van der Waals surface area contributed by atoms with Crippen molar-refractivity contribution >= 4 is 11.9 Å². The van der Waals surface area contributed by atoms with Gasteiger partial charge in [-0.25, -0.2) is 0 Å². The Labute approximate surface area is 138 Å². The predicted molar refractivity (Wildman–Crippen MR) is 93.8 cm³/mol. The van der Waals surface area contributed by atoms with Crippen molar-refractivity contribution in [2.75, 3.05) is 33.8 Å². The molecule has 0 fully saturated rings. The molecular formula is C17H28N4O2. The lowest BCUT2D eigenvalue weighted by molar-refractivity contribution is -0.121. The Morgan fingerprint density at radius 1 is 1.26 bits per heavy atom. The summed E-state index contributed by atoms with van der Waals surface area (Å²) in [6.45, 7) is 7.24. The molecule has 0 unspecified atom stereocenters. The van der Waals surface area contributed by atoms with E-state index in [4.69, 9.17) is 4.74 Å². The molecule has 0 saturated carbocycles. The van der Waals surface area contributed by atoms with Gasteiger partial charge >= 0.3 is 0 Å². The number of amides is 1. The van der Waals surface area contributed by atoms with Crippen LogP contribution in [0, 0.1) is 0 Å². The van der Waals surface area contributed by atoms with Gasteiger partial charge in [0.25, 0.3) is 0 Å². The van der Waals surface area contributed by atoms with Gasteiger partial charge in [-0.15, -0.1) is 0 Å². The number of likely N-dealkylation sites (N-methyl/N-ethyl adjacent to an activating group) is 1. The number of aliphatic imine (C=N–C) groups is 1. The average molecular weight is 320 g/mol.